The number of anilines is 1. The van der Waals surface area contributed by atoms with Gasteiger partial charge in [0.2, 0.25) is 5.78 Å². The normalized spacial score (nSPS) is 11.9. The van der Waals surface area contributed by atoms with Crippen molar-refractivity contribution in [3.8, 4) is 0 Å². The first kappa shape index (κ1) is 18.9. The number of halogens is 3. The van der Waals surface area contributed by atoms with Gasteiger partial charge in [-0.2, -0.15) is 13.2 Å². The molecule has 0 atom stereocenters. The number of carbonyl (C=O) groups excluding carboxylic acids is 2. The molecule has 1 amide bonds. The molecule has 0 bridgehead atoms. The molecule has 2 rings (SSSR count). The number of benzene rings is 1. The number of nitrogens with one attached hydrogen (secondary N) is 1. The second-order valence-corrected chi connectivity index (χ2v) is 7.09. The van der Waals surface area contributed by atoms with E-state index in [0.717, 1.165) is 29.5 Å². The predicted molar refractivity (Wildman–Crippen MR) is 86.8 cm³/mol. The third kappa shape index (κ3) is 5.28. The lowest BCUT2D eigenvalue weighted by molar-refractivity contribution is -0.137. The van der Waals surface area contributed by atoms with Crippen molar-refractivity contribution in [2.24, 2.45) is 0 Å². The topological polar surface area (TPSA) is 68.3 Å². The molecule has 0 fully saturated rings. The van der Waals surface area contributed by atoms with Gasteiger partial charge in [0.05, 0.1) is 16.6 Å². The van der Waals surface area contributed by atoms with Crippen molar-refractivity contribution in [3.05, 3.63) is 46.5 Å². The summed E-state index contributed by atoms with van der Waals surface area (Å²) in [5.41, 5.74) is -1.71. The van der Waals surface area contributed by atoms with Crippen LogP contribution in [-0.4, -0.2) is 22.5 Å². The van der Waals surface area contributed by atoms with Crippen LogP contribution in [0.1, 0.15) is 41.6 Å². The van der Waals surface area contributed by atoms with E-state index in [1.807, 2.05) is 0 Å². The van der Waals surface area contributed by atoms with E-state index in [-0.39, 0.29) is 15.6 Å². The van der Waals surface area contributed by atoms with Gasteiger partial charge in [0.15, 0.2) is 5.13 Å². The number of rotatable bonds is 3. The molecule has 1 N–H and O–H groups in total. The van der Waals surface area contributed by atoms with Crippen LogP contribution in [0.4, 0.5) is 23.1 Å². The number of amides is 1. The molecule has 5 nitrogen and oxygen atoms in total. The predicted octanol–water partition coefficient (Wildman–Crippen LogP) is 4.74. The Morgan fingerprint density at radius 3 is 2.48 bits per heavy atom. The van der Waals surface area contributed by atoms with Gasteiger partial charge in [-0.3, -0.25) is 10.1 Å². The molecule has 0 saturated heterocycles. The number of aromatic nitrogens is 1. The third-order valence-corrected chi connectivity index (χ3v) is 3.70. The molecule has 2 aromatic rings. The van der Waals surface area contributed by atoms with Crippen molar-refractivity contribution < 1.29 is 27.5 Å². The van der Waals surface area contributed by atoms with Gasteiger partial charge in [0.25, 0.3) is 0 Å². The summed E-state index contributed by atoms with van der Waals surface area (Å²) < 4.78 is 43.3. The zero-order valence-electron chi connectivity index (χ0n) is 13.6. The highest BCUT2D eigenvalue weighted by Gasteiger charge is 2.31. The van der Waals surface area contributed by atoms with Gasteiger partial charge < -0.3 is 4.74 Å². The second-order valence-electron chi connectivity index (χ2n) is 6.06. The van der Waals surface area contributed by atoms with E-state index in [0.29, 0.717) is 0 Å². The number of ketones is 1. The average molecular weight is 372 g/mol. The number of alkyl halides is 3. The van der Waals surface area contributed by atoms with Crippen molar-refractivity contribution in [1.82, 2.24) is 4.98 Å². The van der Waals surface area contributed by atoms with Gasteiger partial charge in [-0.15, -0.1) is 0 Å². The quantitative estimate of drug-likeness (QED) is 0.790. The van der Waals surface area contributed by atoms with Crippen LogP contribution in [-0.2, 0) is 10.9 Å². The van der Waals surface area contributed by atoms with E-state index in [9.17, 15) is 22.8 Å². The SMILES string of the molecule is CC(C)(C)OC(=O)Nc1ncc(C(=O)c2cccc(C(F)(F)F)c2)s1. The first-order valence-electron chi connectivity index (χ1n) is 7.13. The second kappa shape index (κ2) is 6.83. The average Bonchev–Trinajstić information content (AvgIpc) is 2.92. The molecule has 1 heterocycles. The van der Waals surface area contributed by atoms with E-state index in [1.165, 1.54) is 12.3 Å². The summed E-state index contributed by atoms with van der Waals surface area (Å²) in [5, 5.41) is 2.49. The molecule has 25 heavy (non-hydrogen) atoms. The first-order chi connectivity index (χ1) is 11.5. The maximum atomic E-state index is 12.7. The van der Waals surface area contributed by atoms with Gasteiger partial charge in [-0.25, -0.2) is 9.78 Å². The van der Waals surface area contributed by atoms with Crippen LogP contribution in [0.2, 0.25) is 0 Å². The minimum atomic E-state index is -4.53. The molecule has 0 radical (unpaired) electrons. The summed E-state index contributed by atoms with van der Waals surface area (Å²) in [6, 6.07) is 4.12. The van der Waals surface area contributed by atoms with Crippen LogP contribution in [0.3, 0.4) is 0 Å². The zero-order chi connectivity index (χ0) is 18.8. The highest BCUT2D eigenvalue weighted by Crippen LogP contribution is 2.30. The summed E-state index contributed by atoms with van der Waals surface area (Å²) in [5.74, 6) is -0.610. The fraction of sp³-hybridized carbons (Fsp3) is 0.312. The molecule has 0 aliphatic rings. The largest absolute Gasteiger partial charge is 0.444 e. The smallest absolute Gasteiger partial charge is 0.416 e. The third-order valence-electron chi connectivity index (χ3n) is 2.79. The van der Waals surface area contributed by atoms with Crippen molar-refractivity contribution in [1.29, 1.82) is 0 Å². The molecule has 1 aromatic carbocycles. The zero-order valence-corrected chi connectivity index (χ0v) is 14.4. The molecule has 0 unspecified atom stereocenters. The number of ether oxygens (including phenoxy) is 1. The van der Waals surface area contributed by atoms with Crippen LogP contribution < -0.4 is 5.32 Å². The van der Waals surface area contributed by atoms with E-state index in [4.69, 9.17) is 4.74 Å². The first-order valence-corrected chi connectivity index (χ1v) is 7.95. The van der Waals surface area contributed by atoms with Crippen LogP contribution in [0, 0.1) is 0 Å². The summed E-state index contributed by atoms with van der Waals surface area (Å²) in [6.45, 7) is 5.07. The van der Waals surface area contributed by atoms with E-state index in [1.54, 1.807) is 20.8 Å². The molecule has 0 spiro atoms. The van der Waals surface area contributed by atoms with Crippen molar-refractivity contribution in [2.75, 3.05) is 5.32 Å². The maximum Gasteiger partial charge on any atom is 0.416 e. The van der Waals surface area contributed by atoms with E-state index >= 15 is 0 Å². The van der Waals surface area contributed by atoms with Crippen molar-refractivity contribution >= 4 is 28.3 Å². The van der Waals surface area contributed by atoms with Crippen LogP contribution >= 0.6 is 11.3 Å². The Balaban J connectivity index is 2.14. The molecule has 9 heteroatoms. The Morgan fingerprint density at radius 1 is 1.20 bits per heavy atom. The van der Waals surface area contributed by atoms with E-state index < -0.39 is 29.2 Å². The summed E-state index contributed by atoms with van der Waals surface area (Å²) in [4.78, 5) is 27.9. The molecular weight excluding hydrogens is 357 g/mol. The number of carbonyl (C=O) groups is 2. The standard InChI is InChI=1S/C16H15F3N2O3S/c1-15(2,3)24-14(23)21-13-20-8-11(25-13)12(22)9-5-4-6-10(7-9)16(17,18)19/h4-8H,1-3H3,(H,20,21,23). The summed E-state index contributed by atoms with van der Waals surface area (Å²) in [7, 11) is 0. The number of thiazole rings is 1. The molecular formula is C16H15F3N2O3S. The number of hydrogen-bond acceptors (Lipinski definition) is 5. The fourth-order valence-corrected chi connectivity index (χ4v) is 2.57. The molecule has 0 aliphatic carbocycles. The number of hydrogen-bond donors (Lipinski definition) is 1. The number of nitrogens with zero attached hydrogens (tertiary/aromatic N) is 1. The monoisotopic (exact) mass is 372 g/mol. The Kier molecular flexibility index (Phi) is 5.17. The van der Waals surface area contributed by atoms with Gasteiger partial charge in [-0.1, -0.05) is 23.5 Å². The van der Waals surface area contributed by atoms with Crippen LogP contribution in [0.5, 0.6) is 0 Å². The summed E-state index contributed by atoms with van der Waals surface area (Å²) in [6.07, 6.45) is -4.08. The lowest BCUT2D eigenvalue weighted by atomic mass is 10.1. The Labute approximate surface area is 145 Å². The van der Waals surface area contributed by atoms with Crippen molar-refractivity contribution in [3.63, 3.8) is 0 Å². The molecule has 0 saturated carbocycles. The fourth-order valence-electron chi connectivity index (χ4n) is 1.81. The van der Waals surface area contributed by atoms with Gasteiger partial charge in [-0.05, 0) is 32.9 Å². The van der Waals surface area contributed by atoms with Crippen molar-refractivity contribution in [2.45, 2.75) is 32.5 Å². The highest BCUT2D eigenvalue weighted by atomic mass is 32.1. The molecule has 0 aliphatic heterocycles. The Morgan fingerprint density at radius 2 is 1.88 bits per heavy atom. The minimum absolute atomic E-state index is 0.102. The van der Waals surface area contributed by atoms with E-state index in [2.05, 4.69) is 10.3 Å². The van der Waals surface area contributed by atoms with Gasteiger partial charge in [0, 0.05) is 5.56 Å². The van der Waals surface area contributed by atoms with Gasteiger partial charge in [0.1, 0.15) is 5.60 Å². The minimum Gasteiger partial charge on any atom is -0.444 e. The van der Waals surface area contributed by atoms with Crippen LogP contribution in [0.15, 0.2) is 30.5 Å². The maximum absolute atomic E-state index is 12.7. The Hall–Kier alpha value is -2.42. The summed E-state index contributed by atoms with van der Waals surface area (Å²) >= 11 is 0.850. The molecule has 134 valence electrons. The lowest BCUT2D eigenvalue weighted by Gasteiger charge is -2.18. The van der Waals surface area contributed by atoms with Crippen LogP contribution in [0.25, 0.3) is 0 Å². The van der Waals surface area contributed by atoms with Gasteiger partial charge >= 0.3 is 12.3 Å². The Bertz CT molecular complexity index is 794. The highest BCUT2D eigenvalue weighted by molar-refractivity contribution is 7.17. The molecule has 1 aromatic heterocycles. The lowest BCUT2D eigenvalue weighted by Crippen LogP contribution is -2.27.